The number of hydrogen-bond acceptors (Lipinski definition) is 6. The van der Waals surface area contributed by atoms with Crippen molar-refractivity contribution in [3.63, 3.8) is 0 Å². The minimum atomic E-state index is -0.413. The summed E-state index contributed by atoms with van der Waals surface area (Å²) in [7, 11) is 1.67. The van der Waals surface area contributed by atoms with Crippen LogP contribution in [-0.4, -0.2) is 62.1 Å². The van der Waals surface area contributed by atoms with Crippen molar-refractivity contribution in [1.82, 2.24) is 29.3 Å². The van der Waals surface area contributed by atoms with Gasteiger partial charge in [0, 0.05) is 48.1 Å². The van der Waals surface area contributed by atoms with Gasteiger partial charge in [0.2, 0.25) is 5.91 Å². The van der Waals surface area contributed by atoms with Crippen LogP contribution in [0.5, 0.6) is 5.75 Å². The number of imidazole rings is 1. The molecule has 10 heteroatoms. The van der Waals surface area contributed by atoms with Crippen LogP contribution in [0, 0.1) is 5.41 Å². The topological polar surface area (TPSA) is 120 Å². The molecule has 244 valence electrons. The second kappa shape index (κ2) is 12.0. The molecule has 0 radical (unpaired) electrons. The van der Waals surface area contributed by atoms with E-state index < -0.39 is 5.41 Å². The van der Waals surface area contributed by atoms with Gasteiger partial charge in [0.05, 0.1) is 30.1 Å². The van der Waals surface area contributed by atoms with E-state index >= 15 is 0 Å². The van der Waals surface area contributed by atoms with Crippen LogP contribution in [0.25, 0.3) is 33.6 Å². The van der Waals surface area contributed by atoms with Gasteiger partial charge in [0.15, 0.2) is 5.82 Å². The predicted octanol–water partition coefficient (Wildman–Crippen LogP) is 6.13. The standard InChI is InChI=1S/C36H47N7O3/c1-22-27-14-11-23-19-29(42(32(23)39-27)17-8-6-5-7-15-36(2,3)35(45)38-22)33-40-28-18-24(34(44)41-16-9-10-25(37)21-41)20-30(46-4)31(28)43(33)26-12-13-26/h11,14,18-20,22,25-26H,5-10,12-13,15-17,21,37H2,1-4H3,(H,38,45)/t22-,25-/m1/s1. The first-order valence-electron chi connectivity index (χ1n) is 17.1. The smallest absolute Gasteiger partial charge is 0.254 e. The van der Waals surface area contributed by atoms with E-state index in [2.05, 4.69) is 26.6 Å². The van der Waals surface area contributed by atoms with Crippen molar-refractivity contribution in [1.29, 1.82) is 0 Å². The average molecular weight is 626 g/mol. The fourth-order valence-electron chi connectivity index (χ4n) is 7.28. The van der Waals surface area contributed by atoms with Gasteiger partial charge in [0.1, 0.15) is 16.9 Å². The summed E-state index contributed by atoms with van der Waals surface area (Å²) in [5.74, 6) is 1.59. The third-order valence-corrected chi connectivity index (χ3v) is 10.2. The number of rotatable bonds is 4. The molecule has 1 saturated carbocycles. The molecule has 2 amide bonds. The number of likely N-dealkylation sites (tertiary alicyclic amines) is 1. The molecule has 3 aromatic heterocycles. The number of aryl methyl sites for hydroxylation is 1. The maximum absolute atomic E-state index is 13.6. The number of piperidine rings is 1. The number of fused-ring (bicyclic) bond motifs is 2. The number of pyridine rings is 1. The average Bonchev–Trinajstić information content (AvgIpc) is 3.71. The van der Waals surface area contributed by atoms with Crippen molar-refractivity contribution in [2.75, 3.05) is 20.2 Å². The van der Waals surface area contributed by atoms with Gasteiger partial charge >= 0.3 is 0 Å². The summed E-state index contributed by atoms with van der Waals surface area (Å²) in [6.45, 7) is 8.19. The Morgan fingerprint density at radius 3 is 2.59 bits per heavy atom. The van der Waals surface area contributed by atoms with Crippen LogP contribution in [-0.2, 0) is 11.3 Å². The SMILES string of the molecule is COc1cc(C(=O)N2CCC[C@@H](N)C2)cc2nc(-c3cc4ccc5nc4n3CCCCCCC(C)(C)C(=O)N[C@@H]5C)n(C3CC3)c12. The Kier molecular flexibility index (Phi) is 8.03. The fraction of sp³-hybridized carbons (Fsp3) is 0.556. The third-order valence-electron chi connectivity index (χ3n) is 10.2. The van der Waals surface area contributed by atoms with E-state index in [1.165, 1.54) is 0 Å². The monoisotopic (exact) mass is 625 g/mol. The van der Waals surface area contributed by atoms with Crippen LogP contribution in [0.4, 0.5) is 0 Å². The molecule has 4 aromatic rings. The number of hydrogen-bond donors (Lipinski definition) is 2. The van der Waals surface area contributed by atoms with Crippen molar-refractivity contribution >= 4 is 33.9 Å². The molecule has 2 aliphatic heterocycles. The van der Waals surface area contributed by atoms with E-state index in [4.69, 9.17) is 20.4 Å². The quantitative estimate of drug-likeness (QED) is 0.282. The molecule has 3 aliphatic rings. The van der Waals surface area contributed by atoms with E-state index in [1.54, 1.807) is 7.11 Å². The number of nitrogens with one attached hydrogen (secondary N) is 1. The van der Waals surface area contributed by atoms with Crippen LogP contribution < -0.4 is 15.8 Å². The summed E-state index contributed by atoms with van der Waals surface area (Å²) in [5, 5.41) is 4.27. The predicted molar refractivity (Wildman–Crippen MR) is 180 cm³/mol. The van der Waals surface area contributed by atoms with Crippen molar-refractivity contribution < 1.29 is 14.3 Å². The number of nitrogens with zero attached hydrogens (tertiary/aromatic N) is 5. The first-order valence-corrected chi connectivity index (χ1v) is 17.1. The van der Waals surface area contributed by atoms with Gasteiger partial charge in [-0.25, -0.2) is 9.97 Å². The summed E-state index contributed by atoms with van der Waals surface area (Å²) in [4.78, 5) is 39.1. The van der Waals surface area contributed by atoms with E-state index in [0.29, 0.717) is 30.4 Å². The van der Waals surface area contributed by atoms with Crippen LogP contribution in [0.3, 0.4) is 0 Å². The molecule has 10 nitrogen and oxygen atoms in total. The Balaban J connectivity index is 1.35. The molecule has 1 saturated heterocycles. The second-order valence-electron chi connectivity index (χ2n) is 14.3. The molecule has 3 N–H and O–H groups in total. The Morgan fingerprint density at radius 2 is 1.83 bits per heavy atom. The Labute approximate surface area is 270 Å². The molecular weight excluding hydrogens is 578 g/mol. The van der Waals surface area contributed by atoms with Gasteiger partial charge in [-0.2, -0.15) is 0 Å². The van der Waals surface area contributed by atoms with Crippen LogP contribution >= 0.6 is 0 Å². The summed E-state index contributed by atoms with van der Waals surface area (Å²) in [5.41, 5.74) is 10.8. The zero-order valence-corrected chi connectivity index (χ0v) is 27.6. The summed E-state index contributed by atoms with van der Waals surface area (Å²) in [6.07, 6.45) is 9.05. The largest absolute Gasteiger partial charge is 0.494 e. The van der Waals surface area contributed by atoms with Crippen LogP contribution in [0.1, 0.15) is 107 Å². The van der Waals surface area contributed by atoms with Crippen LogP contribution in [0.15, 0.2) is 30.3 Å². The summed E-state index contributed by atoms with van der Waals surface area (Å²) in [6, 6.07) is 10.3. The minimum Gasteiger partial charge on any atom is -0.494 e. The number of aromatic nitrogens is 4. The highest BCUT2D eigenvalue weighted by molar-refractivity contribution is 6.00. The molecule has 1 aliphatic carbocycles. The van der Waals surface area contributed by atoms with Gasteiger partial charge in [-0.15, -0.1) is 0 Å². The van der Waals surface area contributed by atoms with Gasteiger partial charge in [0.25, 0.3) is 5.91 Å². The Hall–Kier alpha value is -3.92. The molecule has 2 bridgehead atoms. The number of methoxy groups -OCH3 is 1. The van der Waals surface area contributed by atoms with Gasteiger partial charge < -0.3 is 29.8 Å². The van der Waals surface area contributed by atoms with E-state index in [-0.39, 0.29) is 23.9 Å². The zero-order valence-electron chi connectivity index (χ0n) is 27.6. The highest BCUT2D eigenvalue weighted by Crippen LogP contribution is 2.45. The van der Waals surface area contributed by atoms with E-state index in [9.17, 15) is 9.59 Å². The lowest BCUT2D eigenvalue weighted by atomic mass is 9.85. The molecule has 0 unspecified atom stereocenters. The van der Waals surface area contributed by atoms with Gasteiger partial charge in [-0.3, -0.25) is 9.59 Å². The lowest BCUT2D eigenvalue weighted by Gasteiger charge is -2.30. The highest BCUT2D eigenvalue weighted by atomic mass is 16.5. The molecule has 2 atom stereocenters. The van der Waals surface area contributed by atoms with Crippen molar-refractivity contribution in [2.24, 2.45) is 11.1 Å². The van der Waals surface area contributed by atoms with E-state index in [0.717, 1.165) is 104 Å². The maximum atomic E-state index is 13.6. The molecule has 7 rings (SSSR count). The molecule has 0 spiro atoms. The highest BCUT2D eigenvalue weighted by Gasteiger charge is 2.33. The van der Waals surface area contributed by atoms with E-state index in [1.807, 2.05) is 43.9 Å². The van der Waals surface area contributed by atoms with Crippen molar-refractivity contribution in [2.45, 2.75) is 103 Å². The first-order chi connectivity index (χ1) is 22.1. The summed E-state index contributed by atoms with van der Waals surface area (Å²) < 4.78 is 10.6. The Bertz CT molecular complexity index is 1800. The van der Waals surface area contributed by atoms with Crippen molar-refractivity contribution in [3.05, 3.63) is 41.6 Å². The minimum absolute atomic E-state index is 0.00832. The maximum Gasteiger partial charge on any atom is 0.254 e. The molecule has 5 heterocycles. The number of nitrogens with two attached hydrogens (primary N) is 1. The number of benzene rings is 1. The molecule has 46 heavy (non-hydrogen) atoms. The van der Waals surface area contributed by atoms with Gasteiger partial charge in [-0.1, -0.05) is 33.1 Å². The number of ether oxygens (including phenoxy) is 1. The lowest BCUT2D eigenvalue weighted by molar-refractivity contribution is -0.130. The molecule has 2 fully saturated rings. The first kappa shape index (κ1) is 30.7. The molecular formula is C36H47N7O3. The van der Waals surface area contributed by atoms with Gasteiger partial charge in [-0.05, 0) is 75.8 Å². The number of carbonyl (C=O) groups is 2. The third kappa shape index (κ3) is 5.65. The Morgan fingerprint density at radius 1 is 1.02 bits per heavy atom. The zero-order chi connectivity index (χ0) is 32.2. The lowest BCUT2D eigenvalue weighted by Crippen LogP contribution is -2.45. The number of carbonyl (C=O) groups excluding carboxylic acids is 2. The summed E-state index contributed by atoms with van der Waals surface area (Å²) >= 11 is 0. The number of amides is 2. The normalized spacial score (nSPS) is 22.6. The van der Waals surface area contributed by atoms with Crippen LogP contribution in [0.2, 0.25) is 0 Å². The fourth-order valence-corrected chi connectivity index (χ4v) is 7.28. The molecule has 1 aromatic carbocycles. The second-order valence-corrected chi connectivity index (χ2v) is 14.3. The van der Waals surface area contributed by atoms with Crippen molar-refractivity contribution in [3.8, 4) is 17.3 Å².